The molecule has 2 bridgehead atoms. The molecule has 3 fully saturated rings. The molecule has 4 aromatic rings. The van der Waals surface area contributed by atoms with Crippen molar-refractivity contribution in [3.8, 4) is 11.3 Å². The molecule has 0 aliphatic heterocycles. The maximum atomic E-state index is 13.7. The Morgan fingerprint density at radius 3 is 2.81 bits per heavy atom. The minimum Gasteiger partial charge on any atom is -0.460 e. The van der Waals surface area contributed by atoms with E-state index in [-0.39, 0.29) is 35.5 Å². The molecule has 0 saturated heterocycles. The number of imidazole rings is 1. The lowest BCUT2D eigenvalue weighted by atomic mass is 9.44. The highest BCUT2D eigenvalue weighted by Gasteiger charge is 2.68. The number of rotatable bonds is 7. The number of ether oxygens (including phenoxy) is 1. The Morgan fingerprint density at radius 2 is 2.02 bits per heavy atom. The Balaban J connectivity index is 1.12. The van der Waals surface area contributed by atoms with Gasteiger partial charge in [0.05, 0.1) is 25.2 Å². The number of nitrogen functional groups attached to an aromatic ring is 1. The highest BCUT2D eigenvalue weighted by Crippen LogP contribution is 2.68. The van der Waals surface area contributed by atoms with E-state index in [0.717, 1.165) is 30.4 Å². The van der Waals surface area contributed by atoms with Crippen LogP contribution in [0.4, 0.5) is 5.82 Å². The Morgan fingerprint density at radius 1 is 1.21 bits per heavy atom. The van der Waals surface area contributed by atoms with Gasteiger partial charge >= 0.3 is 5.97 Å². The molecule has 48 heavy (non-hydrogen) atoms. The molecule has 3 aliphatic rings. The highest BCUT2D eigenvalue weighted by molar-refractivity contribution is 5.86. The van der Waals surface area contributed by atoms with Gasteiger partial charge in [0.25, 0.3) is 0 Å². The highest BCUT2D eigenvalue weighted by atomic mass is 16.5. The van der Waals surface area contributed by atoms with Crippen LogP contribution in [-0.2, 0) is 27.4 Å². The molecule has 252 valence electrons. The second-order valence-electron chi connectivity index (χ2n) is 14.9. The summed E-state index contributed by atoms with van der Waals surface area (Å²) in [7, 11) is 0. The number of aromatic nitrogens is 7. The fourth-order valence-corrected chi connectivity index (χ4v) is 9.38. The average Bonchev–Trinajstić information content (AvgIpc) is 3.80. The van der Waals surface area contributed by atoms with Crippen LogP contribution in [0, 0.1) is 34.0 Å². The number of esters is 1. The summed E-state index contributed by atoms with van der Waals surface area (Å²) < 4.78 is 9.78. The molecule has 12 nitrogen and oxygen atoms in total. The lowest BCUT2D eigenvalue weighted by molar-refractivity contribution is -0.207. The summed E-state index contributed by atoms with van der Waals surface area (Å²) in [5, 5.41) is 20.4. The van der Waals surface area contributed by atoms with Crippen molar-refractivity contribution < 1.29 is 19.4 Å². The van der Waals surface area contributed by atoms with Crippen molar-refractivity contribution in [1.82, 2.24) is 34.5 Å². The van der Waals surface area contributed by atoms with Crippen molar-refractivity contribution in [2.24, 2.45) is 34.0 Å². The molecular formula is C36H44N8O4. The second kappa shape index (κ2) is 11.6. The van der Waals surface area contributed by atoms with E-state index in [2.05, 4.69) is 52.6 Å². The smallest absolute Gasteiger partial charge is 0.328 e. The zero-order valence-corrected chi connectivity index (χ0v) is 28.0. The third-order valence-electron chi connectivity index (χ3n) is 12.4. The number of ketones is 1. The van der Waals surface area contributed by atoms with E-state index in [1.165, 1.54) is 11.0 Å². The van der Waals surface area contributed by atoms with Gasteiger partial charge in [0.15, 0.2) is 11.5 Å². The van der Waals surface area contributed by atoms with Crippen molar-refractivity contribution in [1.29, 1.82) is 0 Å². The molecule has 0 unspecified atom stereocenters. The number of carbonyl (C=O) groups excluding carboxylic acids is 2. The molecule has 3 saturated carbocycles. The fraction of sp³-hybridized carbons (Fsp3) is 0.528. The number of Topliss-reactive ketones (excluding diaryl/α,β-unsaturated/α-hetero) is 1. The van der Waals surface area contributed by atoms with Crippen LogP contribution in [0.2, 0.25) is 0 Å². The minimum atomic E-state index is -0.713. The number of fused-ring (bicyclic) bond motifs is 1. The Kier molecular flexibility index (Phi) is 7.77. The zero-order valence-electron chi connectivity index (χ0n) is 28.0. The van der Waals surface area contributed by atoms with Gasteiger partial charge in [-0.05, 0) is 54.6 Å². The summed E-state index contributed by atoms with van der Waals surface area (Å²) in [6.07, 6.45) is 8.80. The first-order valence-electron chi connectivity index (χ1n) is 16.8. The van der Waals surface area contributed by atoms with Gasteiger partial charge in [-0.2, -0.15) is 0 Å². The lowest BCUT2D eigenvalue weighted by Gasteiger charge is -2.61. The number of aliphatic hydroxyl groups excluding tert-OH is 1. The van der Waals surface area contributed by atoms with E-state index < -0.39 is 29.0 Å². The van der Waals surface area contributed by atoms with Gasteiger partial charge in [-0.15, -0.1) is 11.7 Å². The van der Waals surface area contributed by atoms with Crippen molar-refractivity contribution in [2.45, 2.75) is 85.1 Å². The molecule has 3 aromatic heterocycles. The molecular weight excluding hydrogens is 608 g/mol. The monoisotopic (exact) mass is 652 g/mol. The first-order valence-corrected chi connectivity index (χ1v) is 16.8. The third-order valence-corrected chi connectivity index (χ3v) is 12.4. The van der Waals surface area contributed by atoms with Crippen LogP contribution in [0.5, 0.6) is 0 Å². The quantitative estimate of drug-likeness (QED) is 0.213. The van der Waals surface area contributed by atoms with E-state index in [4.69, 9.17) is 10.5 Å². The van der Waals surface area contributed by atoms with E-state index in [1.807, 2.05) is 41.8 Å². The molecule has 0 radical (unpaired) electrons. The Hall–Kier alpha value is -4.45. The van der Waals surface area contributed by atoms with Crippen LogP contribution >= 0.6 is 0 Å². The number of hydrogen-bond donors (Lipinski definition) is 2. The van der Waals surface area contributed by atoms with Gasteiger partial charge in [0, 0.05) is 28.7 Å². The maximum Gasteiger partial charge on any atom is 0.328 e. The molecule has 3 N–H and O–H groups in total. The SMILES string of the molecule is C=C[C@]1(C)C[C@@H](OC(=O)Cn2cc(-c3cccc(Cn4cnc5c(N)ncnc54)c3)nn2)[C@]2(C)[C@H](C)CC[C@]3(CCC(=O)[C@H]32)[C@@H](C)[C@@H]1O. The average molecular weight is 653 g/mol. The van der Waals surface area contributed by atoms with Crippen LogP contribution in [0.3, 0.4) is 0 Å². The van der Waals surface area contributed by atoms with Gasteiger partial charge in [0.1, 0.15) is 36.0 Å². The van der Waals surface area contributed by atoms with Crippen LogP contribution in [0.25, 0.3) is 22.4 Å². The molecule has 0 spiro atoms. The molecule has 7 rings (SSSR count). The number of hydrogen-bond acceptors (Lipinski definition) is 10. The third kappa shape index (κ3) is 4.94. The standard InChI is InChI=1S/C36H44N8O4/c1-6-34(4)15-27(35(5)21(2)10-12-36(22(3)31(34)47)13-11-26(45)30(35)36)48-28(46)18-44-17-25(41-42-44)24-9-7-8-23(14-24)16-43-20-40-29-32(37)38-19-39-33(29)43/h6-9,14,17,19-22,27,30-31,47H,1,10-13,15-16,18H2,2-5H3,(H2,37,38,39)/t21-,22+,27-,30+,31+,34-,35+,36+/m1/s1. The van der Waals surface area contributed by atoms with Gasteiger partial charge in [-0.3, -0.25) is 9.59 Å². The maximum absolute atomic E-state index is 13.7. The number of anilines is 1. The summed E-state index contributed by atoms with van der Waals surface area (Å²) in [4.78, 5) is 40.1. The number of aliphatic hydroxyl groups is 1. The summed E-state index contributed by atoms with van der Waals surface area (Å²) in [6, 6.07) is 7.89. The summed E-state index contributed by atoms with van der Waals surface area (Å²) in [6.45, 7) is 12.9. The van der Waals surface area contributed by atoms with Crippen molar-refractivity contribution in [2.75, 3.05) is 5.73 Å². The van der Waals surface area contributed by atoms with E-state index in [0.29, 0.717) is 42.1 Å². The molecule has 12 heteroatoms. The number of nitrogens with zero attached hydrogens (tertiary/aromatic N) is 7. The molecule has 0 amide bonds. The van der Waals surface area contributed by atoms with Gasteiger partial charge < -0.3 is 20.1 Å². The minimum absolute atomic E-state index is 0.0837. The normalized spacial score (nSPS) is 33.2. The largest absolute Gasteiger partial charge is 0.460 e. The fourth-order valence-electron chi connectivity index (χ4n) is 9.38. The van der Waals surface area contributed by atoms with Crippen LogP contribution < -0.4 is 5.73 Å². The van der Waals surface area contributed by atoms with E-state index >= 15 is 0 Å². The number of nitrogens with two attached hydrogens (primary N) is 1. The topological polar surface area (TPSA) is 164 Å². The van der Waals surface area contributed by atoms with Crippen LogP contribution in [0.15, 0.2) is 55.8 Å². The van der Waals surface area contributed by atoms with Gasteiger partial charge in [-0.1, -0.05) is 57.2 Å². The van der Waals surface area contributed by atoms with E-state index in [1.54, 1.807) is 12.5 Å². The van der Waals surface area contributed by atoms with Crippen LogP contribution in [-0.4, -0.2) is 63.6 Å². The number of benzene rings is 1. The van der Waals surface area contributed by atoms with Gasteiger partial charge in [0.2, 0.25) is 0 Å². The molecule has 3 heterocycles. The molecule has 8 atom stereocenters. The Labute approximate surface area is 279 Å². The lowest BCUT2D eigenvalue weighted by Crippen LogP contribution is -2.63. The number of carbonyl (C=O) groups is 2. The summed E-state index contributed by atoms with van der Waals surface area (Å²) >= 11 is 0. The summed E-state index contributed by atoms with van der Waals surface area (Å²) in [5.74, 6) is -0.0967. The first kappa shape index (κ1) is 32.1. The van der Waals surface area contributed by atoms with Crippen LogP contribution in [0.1, 0.15) is 65.4 Å². The zero-order chi connectivity index (χ0) is 34.0. The van der Waals surface area contributed by atoms with Crippen molar-refractivity contribution >= 4 is 28.7 Å². The first-order chi connectivity index (χ1) is 22.9. The predicted octanol–water partition coefficient (Wildman–Crippen LogP) is 4.62. The molecule has 1 aromatic carbocycles. The van der Waals surface area contributed by atoms with E-state index in [9.17, 15) is 14.7 Å². The Bertz CT molecular complexity index is 1900. The summed E-state index contributed by atoms with van der Waals surface area (Å²) in [5.41, 5.74) is 8.02. The van der Waals surface area contributed by atoms with Crippen molar-refractivity contribution in [3.63, 3.8) is 0 Å². The second-order valence-corrected chi connectivity index (χ2v) is 14.9. The molecule has 3 aliphatic carbocycles. The van der Waals surface area contributed by atoms with Gasteiger partial charge in [-0.25, -0.2) is 19.6 Å². The van der Waals surface area contributed by atoms with Crippen molar-refractivity contribution in [3.05, 3.63) is 61.3 Å². The predicted molar refractivity (Wildman–Crippen MR) is 179 cm³/mol.